The van der Waals surface area contributed by atoms with E-state index in [1.54, 1.807) is 12.1 Å². The molecule has 0 heterocycles. The van der Waals surface area contributed by atoms with Crippen LogP contribution in [-0.4, -0.2) is 58.3 Å². The number of hydrogen-bond acceptors (Lipinski definition) is 6. The van der Waals surface area contributed by atoms with Crippen LogP contribution in [-0.2, 0) is 19.2 Å². The molecule has 154 valence electrons. The zero-order valence-electron chi connectivity index (χ0n) is 14.5. The first-order chi connectivity index (χ1) is 13.1. The van der Waals surface area contributed by atoms with Crippen LogP contribution in [0.1, 0.15) is 12.8 Å². The minimum atomic E-state index is -1.25. The average Bonchev–Trinajstić information content (AvgIpc) is 2.61. The van der Waals surface area contributed by atoms with E-state index in [2.05, 4.69) is 10.6 Å². The first-order valence-electron chi connectivity index (χ1n) is 7.95. The Balaban J connectivity index is 2.80. The summed E-state index contributed by atoms with van der Waals surface area (Å²) in [5.41, 5.74) is 5.64. The largest absolute Gasteiger partial charge is 0.481 e. The van der Waals surface area contributed by atoms with Crippen LogP contribution in [0.3, 0.4) is 0 Å². The third-order valence-electron chi connectivity index (χ3n) is 3.35. The van der Waals surface area contributed by atoms with Gasteiger partial charge in [-0.3, -0.25) is 19.2 Å². The molecule has 0 radical (unpaired) electrons. The number of rotatable bonds is 11. The number of carbonyl (C=O) groups is 4. The summed E-state index contributed by atoms with van der Waals surface area (Å²) in [5, 5.41) is 22.7. The molecule has 0 spiro atoms. The van der Waals surface area contributed by atoms with Crippen molar-refractivity contribution in [3.8, 4) is 0 Å². The van der Waals surface area contributed by atoms with Crippen molar-refractivity contribution in [1.82, 2.24) is 10.6 Å². The Morgan fingerprint density at radius 2 is 1.79 bits per heavy atom. The van der Waals surface area contributed by atoms with Gasteiger partial charge in [-0.05, 0) is 24.6 Å². The van der Waals surface area contributed by atoms with Crippen molar-refractivity contribution in [3.63, 3.8) is 0 Å². The number of nitrogens with two attached hydrogens (primary N) is 1. The summed E-state index contributed by atoms with van der Waals surface area (Å²) in [6.07, 6.45) is -0.416. The highest BCUT2D eigenvalue weighted by atomic mass is 35.5. The molecule has 28 heavy (non-hydrogen) atoms. The quantitative estimate of drug-likeness (QED) is 0.311. The highest BCUT2D eigenvalue weighted by molar-refractivity contribution is 7.99. The van der Waals surface area contributed by atoms with Gasteiger partial charge in [-0.25, -0.2) is 0 Å². The molecule has 6 N–H and O–H groups in total. The summed E-state index contributed by atoms with van der Waals surface area (Å²) in [6.45, 7) is -0.622. The average molecular weight is 452 g/mol. The minimum absolute atomic E-state index is 0.0319. The lowest BCUT2D eigenvalue weighted by atomic mass is 10.1. The van der Waals surface area contributed by atoms with E-state index in [1.807, 2.05) is 0 Å². The number of carbonyl (C=O) groups excluding carboxylic acids is 2. The summed E-state index contributed by atoms with van der Waals surface area (Å²) in [6, 6.07) is 2.53. The number of amides is 2. The second kappa shape index (κ2) is 11.7. The number of aliphatic carboxylic acids is 2. The van der Waals surface area contributed by atoms with Gasteiger partial charge >= 0.3 is 11.9 Å². The Kier molecular flexibility index (Phi) is 10.1. The molecule has 0 unspecified atom stereocenters. The smallest absolute Gasteiger partial charge is 0.322 e. The fourth-order valence-corrected chi connectivity index (χ4v) is 3.44. The van der Waals surface area contributed by atoms with Gasteiger partial charge in [0.05, 0.1) is 11.1 Å². The second-order valence-electron chi connectivity index (χ2n) is 5.60. The van der Waals surface area contributed by atoms with Gasteiger partial charge in [-0.1, -0.05) is 23.2 Å². The Morgan fingerprint density at radius 1 is 1.11 bits per heavy atom. The van der Waals surface area contributed by atoms with Crippen molar-refractivity contribution in [2.75, 3.05) is 12.3 Å². The molecule has 0 fully saturated rings. The topological polar surface area (TPSA) is 159 Å². The molecule has 0 saturated heterocycles. The van der Waals surface area contributed by atoms with Gasteiger partial charge in [0.2, 0.25) is 11.8 Å². The number of nitrogens with one attached hydrogen (secondary N) is 2. The zero-order valence-corrected chi connectivity index (χ0v) is 16.8. The molecular weight excluding hydrogens is 433 g/mol. The van der Waals surface area contributed by atoms with E-state index in [4.69, 9.17) is 39.1 Å². The monoisotopic (exact) mass is 451 g/mol. The Labute approximate surface area is 174 Å². The van der Waals surface area contributed by atoms with Gasteiger partial charge in [0, 0.05) is 22.1 Å². The molecule has 1 rings (SSSR count). The normalized spacial score (nSPS) is 12.7. The van der Waals surface area contributed by atoms with E-state index in [0.717, 1.165) is 11.8 Å². The molecule has 0 bridgehead atoms. The molecule has 0 aliphatic carbocycles. The van der Waals surface area contributed by atoms with Crippen molar-refractivity contribution in [2.24, 2.45) is 5.73 Å². The van der Waals surface area contributed by atoms with Crippen LogP contribution in [0.5, 0.6) is 0 Å². The van der Waals surface area contributed by atoms with E-state index >= 15 is 0 Å². The number of halogens is 2. The first kappa shape index (κ1) is 24.0. The van der Waals surface area contributed by atoms with Gasteiger partial charge in [-0.15, -0.1) is 11.8 Å². The highest BCUT2D eigenvalue weighted by Crippen LogP contribution is 2.30. The van der Waals surface area contributed by atoms with Gasteiger partial charge < -0.3 is 26.6 Å². The van der Waals surface area contributed by atoms with Crippen molar-refractivity contribution in [3.05, 3.63) is 28.2 Å². The minimum Gasteiger partial charge on any atom is -0.481 e. The van der Waals surface area contributed by atoms with E-state index < -0.39 is 42.4 Å². The Morgan fingerprint density at radius 3 is 2.36 bits per heavy atom. The van der Waals surface area contributed by atoms with E-state index in [1.165, 1.54) is 6.07 Å². The molecule has 0 aliphatic heterocycles. The predicted octanol–water partition coefficient (Wildman–Crippen LogP) is 0.963. The molecule has 1 aromatic rings. The van der Waals surface area contributed by atoms with E-state index in [-0.39, 0.29) is 18.6 Å². The number of hydrogen-bond donors (Lipinski definition) is 5. The van der Waals surface area contributed by atoms with E-state index in [0.29, 0.717) is 14.9 Å². The highest BCUT2D eigenvalue weighted by Gasteiger charge is 2.25. The van der Waals surface area contributed by atoms with Gasteiger partial charge in [0.15, 0.2) is 0 Å². The Hall–Kier alpha value is -2.01. The fraction of sp³-hybridized carbons (Fsp3) is 0.375. The van der Waals surface area contributed by atoms with Crippen molar-refractivity contribution in [2.45, 2.75) is 29.8 Å². The first-order valence-corrected chi connectivity index (χ1v) is 9.69. The second-order valence-corrected chi connectivity index (χ2v) is 7.50. The molecule has 1 aromatic carbocycles. The molecule has 2 amide bonds. The number of carboxylic acids is 2. The van der Waals surface area contributed by atoms with Gasteiger partial charge in [-0.2, -0.15) is 0 Å². The summed E-state index contributed by atoms with van der Waals surface area (Å²) < 4.78 is 0. The van der Waals surface area contributed by atoms with Gasteiger partial charge in [0.25, 0.3) is 0 Å². The molecule has 12 heteroatoms. The molecule has 0 aromatic heterocycles. The molecule has 2 atom stereocenters. The van der Waals surface area contributed by atoms with Gasteiger partial charge in [0.1, 0.15) is 12.6 Å². The maximum atomic E-state index is 12.2. The summed E-state index contributed by atoms with van der Waals surface area (Å²) in [7, 11) is 0. The lowest BCUT2D eigenvalue weighted by Gasteiger charge is -2.20. The van der Waals surface area contributed by atoms with Crippen LogP contribution in [0.15, 0.2) is 23.1 Å². The number of benzene rings is 1. The molecule has 0 saturated carbocycles. The standard InChI is InChI=1S/C16H19Cl2N3O6S/c17-8-1-3-12(9(18)5-8)28-7-11(16(27)20-6-14(24)25)21-15(26)10(19)2-4-13(22)23/h1,3,5,10-11H,2,4,6-7,19H2,(H,20,27)(H,21,26)(H,22,23)(H,24,25)/t10-,11-/m0/s1. The third kappa shape index (κ3) is 8.79. The molecule has 9 nitrogen and oxygen atoms in total. The van der Waals surface area contributed by atoms with E-state index in [9.17, 15) is 19.2 Å². The fourth-order valence-electron chi connectivity index (χ4n) is 1.92. The predicted molar refractivity (Wildman–Crippen MR) is 105 cm³/mol. The van der Waals surface area contributed by atoms with Crippen LogP contribution >= 0.6 is 35.0 Å². The lowest BCUT2D eigenvalue weighted by molar-refractivity contribution is -0.138. The van der Waals surface area contributed by atoms with Crippen LogP contribution in [0, 0.1) is 0 Å². The molecule has 0 aliphatic rings. The van der Waals surface area contributed by atoms with Crippen LogP contribution in [0.4, 0.5) is 0 Å². The maximum absolute atomic E-state index is 12.2. The summed E-state index contributed by atoms with van der Waals surface area (Å²) in [4.78, 5) is 46.2. The molecular formula is C16H19Cl2N3O6S. The number of thioether (sulfide) groups is 1. The summed E-state index contributed by atoms with van der Waals surface area (Å²) >= 11 is 13.1. The lowest BCUT2D eigenvalue weighted by Crippen LogP contribution is -2.53. The Bertz CT molecular complexity index is 749. The van der Waals surface area contributed by atoms with Crippen molar-refractivity contribution >= 4 is 58.7 Å². The van der Waals surface area contributed by atoms with Crippen molar-refractivity contribution < 1.29 is 29.4 Å². The number of carboxylic acid groups (broad SMARTS) is 2. The SMILES string of the molecule is N[C@@H](CCC(=O)O)C(=O)N[C@@H](CSc1ccc(Cl)cc1Cl)C(=O)NCC(=O)O. The maximum Gasteiger partial charge on any atom is 0.322 e. The van der Waals surface area contributed by atoms with Crippen LogP contribution in [0.25, 0.3) is 0 Å². The van der Waals surface area contributed by atoms with Crippen LogP contribution < -0.4 is 16.4 Å². The van der Waals surface area contributed by atoms with Crippen LogP contribution in [0.2, 0.25) is 10.0 Å². The summed E-state index contributed by atoms with van der Waals surface area (Å²) in [5.74, 6) is -3.76. The third-order valence-corrected chi connectivity index (χ3v) is 5.18. The zero-order chi connectivity index (χ0) is 21.3. The van der Waals surface area contributed by atoms with Crippen molar-refractivity contribution in [1.29, 1.82) is 0 Å².